The molecule has 0 fully saturated rings. The average molecular weight is 393 g/mol. The molecule has 1 heterocycles. The summed E-state index contributed by atoms with van der Waals surface area (Å²) in [6.07, 6.45) is -8.67. The van der Waals surface area contributed by atoms with Gasteiger partial charge in [-0.15, -0.1) is 0 Å². The maximum absolute atomic E-state index is 13.1. The van der Waals surface area contributed by atoms with Crippen molar-refractivity contribution in [2.45, 2.75) is 32.6 Å². The molecule has 0 amide bonds. The number of hydrogen-bond acceptors (Lipinski definition) is 4. The maximum atomic E-state index is 13.1. The molecule has 0 bridgehead atoms. The molecule has 0 aliphatic carbocycles. The summed E-state index contributed by atoms with van der Waals surface area (Å²) in [5.41, 5.74) is 0.0833. The highest BCUT2D eigenvalue weighted by molar-refractivity contribution is 5.62. The van der Waals surface area contributed by atoms with E-state index in [1.807, 2.05) is 19.1 Å². The summed E-state index contributed by atoms with van der Waals surface area (Å²) in [4.78, 5) is 8.86. The molecule has 0 unspecified atom stereocenters. The first-order valence-electron chi connectivity index (χ1n) is 8.06. The Morgan fingerprint density at radius 2 is 1.70 bits per heavy atom. The predicted molar refractivity (Wildman–Crippen MR) is 87.1 cm³/mol. The van der Waals surface area contributed by atoms with Gasteiger partial charge in [0.1, 0.15) is 5.56 Å². The van der Waals surface area contributed by atoms with Gasteiger partial charge >= 0.3 is 12.4 Å². The number of hydrogen-bond donors (Lipinski definition) is 0. The van der Waals surface area contributed by atoms with Crippen molar-refractivity contribution in [3.05, 3.63) is 41.6 Å². The Balaban J connectivity index is 2.49. The minimum Gasteiger partial charge on any atom is -0.467 e. The minimum absolute atomic E-state index is 0.177. The fraction of sp³-hybridized carbons (Fsp3) is 0.412. The number of ether oxygens (including phenoxy) is 1. The summed E-state index contributed by atoms with van der Waals surface area (Å²) < 4.78 is 80.7. The summed E-state index contributed by atoms with van der Waals surface area (Å²) in [7, 11) is 0. The molecular weight excluding hydrogens is 376 g/mol. The van der Waals surface area contributed by atoms with Crippen molar-refractivity contribution in [1.29, 1.82) is 0 Å². The highest BCUT2D eigenvalue weighted by Gasteiger charge is 2.38. The summed E-state index contributed by atoms with van der Waals surface area (Å²) in [5, 5.41) is 0. The number of nitrogens with zero attached hydrogens (tertiary/aromatic N) is 3. The highest BCUT2D eigenvalue weighted by Crippen LogP contribution is 2.37. The van der Waals surface area contributed by atoms with E-state index in [0.717, 1.165) is 5.56 Å². The SMILES string of the molecule is CCc1ccccc1N(CC)c1ncc(C(F)(F)F)c(OCC(F)(F)F)n1. The van der Waals surface area contributed by atoms with Gasteiger partial charge in [-0.2, -0.15) is 31.3 Å². The smallest absolute Gasteiger partial charge is 0.423 e. The third kappa shape index (κ3) is 5.24. The Morgan fingerprint density at radius 1 is 1.04 bits per heavy atom. The first kappa shape index (κ1) is 20.8. The number of anilines is 2. The van der Waals surface area contributed by atoms with Crippen molar-refractivity contribution in [3.8, 4) is 5.88 Å². The Kier molecular flexibility index (Phi) is 6.17. The van der Waals surface area contributed by atoms with E-state index in [2.05, 4.69) is 14.7 Å². The summed E-state index contributed by atoms with van der Waals surface area (Å²) >= 11 is 0. The molecule has 27 heavy (non-hydrogen) atoms. The van der Waals surface area contributed by atoms with Crippen LogP contribution in [0.4, 0.5) is 38.0 Å². The fourth-order valence-electron chi connectivity index (χ4n) is 2.43. The molecular formula is C17H17F6N3O. The van der Waals surface area contributed by atoms with E-state index in [1.54, 1.807) is 19.1 Å². The van der Waals surface area contributed by atoms with Gasteiger partial charge in [-0.25, -0.2) is 4.98 Å². The van der Waals surface area contributed by atoms with Crippen molar-refractivity contribution in [3.63, 3.8) is 0 Å². The quantitative estimate of drug-likeness (QED) is 0.636. The molecule has 1 aromatic carbocycles. The van der Waals surface area contributed by atoms with E-state index in [9.17, 15) is 26.3 Å². The van der Waals surface area contributed by atoms with E-state index in [1.165, 1.54) is 4.90 Å². The molecule has 0 atom stereocenters. The van der Waals surface area contributed by atoms with Crippen LogP contribution in [0.5, 0.6) is 5.88 Å². The van der Waals surface area contributed by atoms with E-state index in [4.69, 9.17) is 0 Å². The molecule has 0 radical (unpaired) electrons. The summed E-state index contributed by atoms with van der Waals surface area (Å²) in [5.74, 6) is -1.33. The van der Waals surface area contributed by atoms with Gasteiger partial charge in [0.25, 0.3) is 0 Å². The van der Waals surface area contributed by atoms with Gasteiger partial charge in [0.05, 0.1) is 0 Å². The van der Waals surface area contributed by atoms with E-state index < -0.39 is 30.4 Å². The van der Waals surface area contributed by atoms with Gasteiger partial charge in [-0.05, 0) is 25.0 Å². The zero-order chi connectivity index (χ0) is 20.2. The van der Waals surface area contributed by atoms with Gasteiger partial charge in [-0.3, -0.25) is 0 Å². The molecule has 148 valence electrons. The molecule has 0 spiro atoms. The number of benzene rings is 1. The standard InChI is InChI=1S/C17H17F6N3O/c1-3-11-7-5-6-8-13(11)26(4-2)15-24-9-12(17(21,22)23)14(25-15)27-10-16(18,19)20/h5-9H,3-4,10H2,1-2H3. The van der Waals surface area contributed by atoms with Gasteiger partial charge in [-0.1, -0.05) is 25.1 Å². The molecule has 1 aromatic heterocycles. The van der Waals surface area contributed by atoms with Gasteiger partial charge in [0.2, 0.25) is 11.8 Å². The monoisotopic (exact) mass is 393 g/mol. The Labute approximate surface area is 151 Å². The fourth-order valence-corrected chi connectivity index (χ4v) is 2.43. The Morgan fingerprint density at radius 3 is 2.26 bits per heavy atom. The van der Waals surface area contributed by atoms with Gasteiger partial charge in [0.15, 0.2) is 6.61 Å². The van der Waals surface area contributed by atoms with Crippen LogP contribution in [0.1, 0.15) is 25.0 Å². The first-order chi connectivity index (χ1) is 12.6. The zero-order valence-corrected chi connectivity index (χ0v) is 14.5. The van der Waals surface area contributed by atoms with Crippen molar-refractivity contribution in [1.82, 2.24) is 9.97 Å². The number of halogens is 6. The highest BCUT2D eigenvalue weighted by atomic mass is 19.4. The normalized spacial score (nSPS) is 12.1. The molecule has 0 saturated heterocycles. The van der Waals surface area contributed by atoms with Crippen LogP contribution in [0, 0.1) is 0 Å². The van der Waals surface area contributed by atoms with Crippen molar-refractivity contribution < 1.29 is 31.1 Å². The van der Waals surface area contributed by atoms with E-state index in [0.29, 0.717) is 24.8 Å². The third-order valence-corrected chi connectivity index (χ3v) is 3.64. The van der Waals surface area contributed by atoms with Crippen LogP contribution >= 0.6 is 0 Å². The lowest BCUT2D eigenvalue weighted by atomic mass is 10.1. The largest absolute Gasteiger partial charge is 0.467 e. The molecule has 0 aliphatic heterocycles. The van der Waals surface area contributed by atoms with Crippen LogP contribution in [-0.2, 0) is 12.6 Å². The van der Waals surface area contributed by atoms with Crippen molar-refractivity contribution in [2.75, 3.05) is 18.1 Å². The van der Waals surface area contributed by atoms with Crippen LogP contribution in [0.15, 0.2) is 30.5 Å². The van der Waals surface area contributed by atoms with Crippen LogP contribution in [0.3, 0.4) is 0 Å². The van der Waals surface area contributed by atoms with E-state index in [-0.39, 0.29) is 5.95 Å². The van der Waals surface area contributed by atoms with Crippen molar-refractivity contribution >= 4 is 11.6 Å². The molecule has 2 rings (SSSR count). The molecule has 4 nitrogen and oxygen atoms in total. The molecule has 0 aliphatic rings. The average Bonchev–Trinajstić information content (AvgIpc) is 2.59. The summed E-state index contributed by atoms with van der Waals surface area (Å²) in [6, 6.07) is 7.12. The summed E-state index contributed by atoms with van der Waals surface area (Å²) in [6.45, 7) is 2.03. The Bertz CT molecular complexity index is 776. The Hall–Kier alpha value is -2.52. The lowest BCUT2D eigenvalue weighted by molar-refractivity contribution is -0.159. The van der Waals surface area contributed by atoms with Crippen molar-refractivity contribution in [2.24, 2.45) is 0 Å². The number of alkyl halides is 6. The second-order valence-electron chi connectivity index (χ2n) is 5.52. The van der Waals surface area contributed by atoms with Crippen LogP contribution in [-0.4, -0.2) is 29.3 Å². The third-order valence-electron chi connectivity index (χ3n) is 3.64. The number of aryl methyl sites for hydroxylation is 1. The van der Waals surface area contributed by atoms with Crippen LogP contribution in [0.25, 0.3) is 0 Å². The minimum atomic E-state index is -4.95. The number of para-hydroxylation sites is 1. The molecule has 0 saturated carbocycles. The van der Waals surface area contributed by atoms with Crippen LogP contribution in [0.2, 0.25) is 0 Å². The number of aromatic nitrogens is 2. The molecule has 0 N–H and O–H groups in total. The lowest BCUT2D eigenvalue weighted by Crippen LogP contribution is -2.24. The molecule has 2 aromatic rings. The number of rotatable bonds is 6. The topological polar surface area (TPSA) is 38.2 Å². The lowest BCUT2D eigenvalue weighted by Gasteiger charge is -2.24. The first-order valence-corrected chi connectivity index (χ1v) is 8.06. The maximum Gasteiger partial charge on any atom is 0.423 e. The second kappa shape index (κ2) is 8.01. The zero-order valence-electron chi connectivity index (χ0n) is 14.5. The van der Waals surface area contributed by atoms with E-state index >= 15 is 0 Å². The van der Waals surface area contributed by atoms with Crippen LogP contribution < -0.4 is 9.64 Å². The van der Waals surface area contributed by atoms with Gasteiger partial charge < -0.3 is 9.64 Å². The molecule has 10 heteroatoms. The predicted octanol–water partition coefficient (Wildman–Crippen LogP) is 5.16. The second-order valence-corrected chi connectivity index (χ2v) is 5.52. The van der Waals surface area contributed by atoms with Gasteiger partial charge in [0, 0.05) is 18.4 Å².